The molecule has 0 aliphatic carbocycles. The SMILES string of the molecule is CCC(=O)N1CCC(NC(=O)CC(C)C)CC1. The number of nitrogens with zero attached hydrogens (tertiary/aromatic N) is 1. The predicted octanol–water partition coefficient (Wildman–Crippen LogP) is 1.55. The van der Waals surface area contributed by atoms with Crippen LogP contribution in [0.2, 0.25) is 0 Å². The van der Waals surface area contributed by atoms with Gasteiger partial charge in [0.1, 0.15) is 0 Å². The number of piperidine rings is 1. The Balaban J connectivity index is 2.27. The predicted molar refractivity (Wildman–Crippen MR) is 67.5 cm³/mol. The summed E-state index contributed by atoms with van der Waals surface area (Å²) >= 11 is 0. The van der Waals surface area contributed by atoms with Crippen molar-refractivity contribution in [3.8, 4) is 0 Å². The standard InChI is InChI=1S/C13H24N2O2/c1-4-13(17)15-7-5-11(6-8-15)14-12(16)9-10(2)3/h10-11H,4-9H2,1-3H3,(H,14,16). The van der Waals surface area contributed by atoms with E-state index in [-0.39, 0.29) is 17.9 Å². The van der Waals surface area contributed by atoms with Crippen LogP contribution in [0.4, 0.5) is 0 Å². The minimum atomic E-state index is 0.139. The third-order valence-electron chi connectivity index (χ3n) is 3.11. The van der Waals surface area contributed by atoms with Crippen LogP contribution in [0.5, 0.6) is 0 Å². The summed E-state index contributed by atoms with van der Waals surface area (Å²) < 4.78 is 0. The summed E-state index contributed by atoms with van der Waals surface area (Å²) in [7, 11) is 0. The Bertz CT molecular complexity index is 269. The molecule has 0 radical (unpaired) electrons. The quantitative estimate of drug-likeness (QED) is 0.810. The van der Waals surface area contributed by atoms with Crippen LogP contribution in [0.3, 0.4) is 0 Å². The van der Waals surface area contributed by atoms with Gasteiger partial charge >= 0.3 is 0 Å². The molecule has 4 nitrogen and oxygen atoms in total. The van der Waals surface area contributed by atoms with Crippen LogP contribution in [0, 0.1) is 5.92 Å². The van der Waals surface area contributed by atoms with Crippen LogP contribution >= 0.6 is 0 Å². The van der Waals surface area contributed by atoms with Gasteiger partial charge in [-0.15, -0.1) is 0 Å². The molecule has 4 heteroatoms. The normalized spacial score (nSPS) is 17.3. The number of likely N-dealkylation sites (tertiary alicyclic amines) is 1. The number of rotatable bonds is 4. The van der Waals surface area contributed by atoms with Crippen molar-refractivity contribution in [3.05, 3.63) is 0 Å². The van der Waals surface area contributed by atoms with Crippen molar-refractivity contribution in [1.29, 1.82) is 0 Å². The third-order valence-corrected chi connectivity index (χ3v) is 3.11. The first-order valence-corrected chi connectivity index (χ1v) is 6.60. The highest BCUT2D eigenvalue weighted by Crippen LogP contribution is 2.12. The Morgan fingerprint density at radius 1 is 1.29 bits per heavy atom. The molecule has 0 spiro atoms. The fraction of sp³-hybridized carbons (Fsp3) is 0.846. The molecule has 0 aromatic rings. The lowest BCUT2D eigenvalue weighted by Crippen LogP contribution is -2.46. The molecule has 1 rings (SSSR count). The summed E-state index contributed by atoms with van der Waals surface area (Å²) in [6.07, 6.45) is 2.93. The second-order valence-electron chi connectivity index (χ2n) is 5.17. The molecule has 0 aromatic carbocycles. The van der Waals surface area contributed by atoms with E-state index in [4.69, 9.17) is 0 Å². The van der Waals surface area contributed by atoms with Crippen molar-refractivity contribution in [1.82, 2.24) is 10.2 Å². The maximum atomic E-state index is 11.6. The van der Waals surface area contributed by atoms with E-state index in [0.29, 0.717) is 18.8 Å². The van der Waals surface area contributed by atoms with Gasteiger partial charge in [0.2, 0.25) is 11.8 Å². The zero-order chi connectivity index (χ0) is 12.8. The lowest BCUT2D eigenvalue weighted by atomic mass is 10.0. The van der Waals surface area contributed by atoms with Gasteiger partial charge in [0.05, 0.1) is 0 Å². The summed E-state index contributed by atoms with van der Waals surface area (Å²) in [6.45, 7) is 7.53. The van der Waals surface area contributed by atoms with E-state index in [2.05, 4.69) is 5.32 Å². The zero-order valence-electron chi connectivity index (χ0n) is 11.2. The summed E-state index contributed by atoms with van der Waals surface area (Å²) in [5.74, 6) is 0.758. The van der Waals surface area contributed by atoms with Crippen LogP contribution in [0.1, 0.15) is 46.5 Å². The minimum absolute atomic E-state index is 0.139. The van der Waals surface area contributed by atoms with Crippen molar-refractivity contribution in [3.63, 3.8) is 0 Å². The first-order chi connectivity index (χ1) is 8.02. The molecular formula is C13H24N2O2. The van der Waals surface area contributed by atoms with Crippen LogP contribution in [-0.4, -0.2) is 35.8 Å². The number of hydrogen-bond acceptors (Lipinski definition) is 2. The molecule has 1 N–H and O–H groups in total. The molecular weight excluding hydrogens is 216 g/mol. The molecule has 1 fully saturated rings. The van der Waals surface area contributed by atoms with Gasteiger partial charge < -0.3 is 10.2 Å². The van der Waals surface area contributed by atoms with Crippen molar-refractivity contribution in [2.75, 3.05) is 13.1 Å². The molecule has 1 aliphatic heterocycles. The van der Waals surface area contributed by atoms with Gasteiger partial charge in [-0.2, -0.15) is 0 Å². The van der Waals surface area contributed by atoms with Gasteiger partial charge in [0.15, 0.2) is 0 Å². The Labute approximate surface area is 104 Å². The van der Waals surface area contributed by atoms with E-state index in [1.807, 2.05) is 25.7 Å². The molecule has 1 heterocycles. The average Bonchev–Trinajstić information content (AvgIpc) is 2.28. The molecule has 0 atom stereocenters. The highest BCUT2D eigenvalue weighted by atomic mass is 16.2. The monoisotopic (exact) mass is 240 g/mol. The summed E-state index contributed by atoms with van der Waals surface area (Å²) in [6, 6.07) is 0.252. The van der Waals surface area contributed by atoms with Crippen LogP contribution in [-0.2, 0) is 9.59 Å². The Kier molecular flexibility index (Phi) is 5.45. The second-order valence-corrected chi connectivity index (χ2v) is 5.17. The summed E-state index contributed by atoms with van der Waals surface area (Å²) in [5.41, 5.74) is 0. The molecule has 98 valence electrons. The van der Waals surface area contributed by atoms with E-state index in [1.165, 1.54) is 0 Å². The van der Waals surface area contributed by atoms with Gasteiger partial charge in [-0.25, -0.2) is 0 Å². The first kappa shape index (κ1) is 14.0. The van der Waals surface area contributed by atoms with Gasteiger partial charge in [-0.3, -0.25) is 9.59 Å². The highest BCUT2D eigenvalue weighted by molar-refractivity contribution is 5.77. The number of amides is 2. The average molecular weight is 240 g/mol. The third kappa shape index (κ3) is 4.75. The lowest BCUT2D eigenvalue weighted by Gasteiger charge is -2.32. The smallest absolute Gasteiger partial charge is 0.222 e. The Hall–Kier alpha value is -1.06. The molecule has 1 saturated heterocycles. The van der Waals surface area contributed by atoms with Crippen molar-refractivity contribution in [2.45, 2.75) is 52.5 Å². The molecule has 0 aromatic heterocycles. The van der Waals surface area contributed by atoms with E-state index in [9.17, 15) is 9.59 Å². The Morgan fingerprint density at radius 2 is 1.88 bits per heavy atom. The van der Waals surface area contributed by atoms with Crippen LogP contribution in [0.25, 0.3) is 0 Å². The van der Waals surface area contributed by atoms with Gasteiger partial charge in [-0.1, -0.05) is 20.8 Å². The largest absolute Gasteiger partial charge is 0.353 e. The van der Waals surface area contributed by atoms with E-state index < -0.39 is 0 Å². The fourth-order valence-corrected chi connectivity index (χ4v) is 2.15. The lowest BCUT2D eigenvalue weighted by molar-refractivity contribution is -0.132. The topological polar surface area (TPSA) is 49.4 Å². The van der Waals surface area contributed by atoms with Gasteiger partial charge in [0.25, 0.3) is 0 Å². The highest BCUT2D eigenvalue weighted by Gasteiger charge is 2.22. The first-order valence-electron chi connectivity index (χ1n) is 6.60. The molecule has 0 saturated carbocycles. The molecule has 17 heavy (non-hydrogen) atoms. The number of carbonyl (C=O) groups excluding carboxylic acids is 2. The summed E-state index contributed by atoms with van der Waals surface area (Å²) in [5, 5.41) is 3.05. The van der Waals surface area contributed by atoms with Crippen LogP contribution in [0.15, 0.2) is 0 Å². The fourth-order valence-electron chi connectivity index (χ4n) is 2.15. The number of nitrogens with one attached hydrogen (secondary N) is 1. The number of carbonyl (C=O) groups is 2. The maximum absolute atomic E-state index is 11.6. The zero-order valence-corrected chi connectivity index (χ0v) is 11.2. The van der Waals surface area contributed by atoms with Crippen molar-refractivity contribution < 1.29 is 9.59 Å². The minimum Gasteiger partial charge on any atom is -0.353 e. The van der Waals surface area contributed by atoms with Crippen molar-refractivity contribution >= 4 is 11.8 Å². The molecule has 0 bridgehead atoms. The van der Waals surface area contributed by atoms with Crippen LogP contribution < -0.4 is 5.32 Å². The van der Waals surface area contributed by atoms with E-state index in [0.717, 1.165) is 25.9 Å². The second kappa shape index (κ2) is 6.62. The number of hydrogen-bond donors (Lipinski definition) is 1. The van der Waals surface area contributed by atoms with Gasteiger partial charge in [-0.05, 0) is 18.8 Å². The van der Waals surface area contributed by atoms with Crippen molar-refractivity contribution in [2.24, 2.45) is 5.92 Å². The molecule has 0 unspecified atom stereocenters. The van der Waals surface area contributed by atoms with E-state index in [1.54, 1.807) is 0 Å². The maximum Gasteiger partial charge on any atom is 0.222 e. The van der Waals surface area contributed by atoms with Gasteiger partial charge in [0, 0.05) is 32.0 Å². The Morgan fingerprint density at radius 3 is 2.35 bits per heavy atom. The molecule has 1 aliphatic rings. The molecule has 2 amide bonds. The van der Waals surface area contributed by atoms with E-state index >= 15 is 0 Å². The summed E-state index contributed by atoms with van der Waals surface area (Å²) in [4.78, 5) is 25.0.